The Hall–Kier alpha value is -2.57. The molecule has 2 N–H and O–H groups in total. The fourth-order valence-electron chi connectivity index (χ4n) is 1.58. The third-order valence-corrected chi connectivity index (χ3v) is 2.38. The second-order valence-corrected chi connectivity index (χ2v) is 3.70. The summed E-state index contributed by atoms with van der Waals surface area (Å²) >= 11 is 0. The molecule has 18 heavy (non-hydrogen) atoms. The van der Waals surface area contributed by atoms with Crippen molar-refractivity contribution in [2.45, 2.75) is 6.92 Å². The maximum Gasteiger partial charge on any atom is 0.328 e. The number of carbonyl (C=O) groups is 3. The Kier molecular flexibility index (Phi) is 3.13. The molecule has 1 fully saturated rings. The molecule has 2 heterocycles. The number of imide groups is 2. The standard InChI is InChI=1S/C11H10N4O3/c1-6(13-7-2-4-12-5-3-7)8-9(16)14-11(18)15-10(8)17/h2-5,8H,1H3,(H2,14,15,16,17,18). The van der Waals surface area contributed by atoms with Gasteiger partial charge in [0.15, 0.2) is 5.92 Å². The van der Waals surface area contributed by atoms with E-state index in [2.05, 4.69) is 9.98 Å². The van der Waals surface area contributed by atoms with Gasteiger partial charge in [0.1, 0.15) is 0 Å². The lowest BCUT2D eigenvalue weighted by Gasteiger charge is -2.20. The summed E-state index contributed by atoms with van der Waals surface area (Å²) in [6.07, 6.45) is 3.10. The van der Waals surface area contributed by atoms with Crippen LogP contribution in [0, 0.1) is 5.92 Å². The van der Waals surface area contributed by atoms with Crippen LogP contribution in [0.3, 0.4) is 0 Å². The van der Waals surface area contributed by atoms with Gasteiger partial charge in [0.05, 0.1) is 5.69 Å². The zero-order valence-corrected chi connectivity index (χ0v) is 9.51. The third kappa shape index (κ3) is 2.40. The van der Waals surface area contributed by atoms with Crippen molar-refractivity contribution in [1.29, 1.82) is 0 Å². The number of hydrogen-bond acceptors (Lipinski definition) is 5. The van der Waals surface area contributed by atoms with Gasteiger partial charge in [0, 0.05) is 18.1 Å². The van der Waals surface area contributed by atoms with Gasteiger partial charge in [-0.1, -0.05) is 0 Å². The van der Waals surface area contributed by atoms with E-state index in [4.69, 9.17) is 0 Å². The molecule has 1 aromatic rings. The molecule has 92 valence electrons. The molecule has 0 bridgehead atoms. The molecule has 0 radical (unpaired) electrons. The molecular weight excluding hydrogens is 236 g/mol. The Bertz CT molecular complexity index is 518. The molecule has 1 aliphatic rings. The highest BCUT2D eigenvalue weighted by Crippen LogP contribution is 2.13. The molecule has 4 amide bonds. The van der Waals surface area contributed by atoms with E-state index in [0.29, 0.717) is 11.4 Å². The summed E-state index contributed by atoms with van der Waals surface area (Å²) < 4.78 is 0. The normalized spacial score (nSPS) is 17.4. The van der Waals surface area contributed by atoms with Crippen molar-refractivity contribution in [2.75, 3.05) is 0 Å². The molecule has 2 rings (SSSR count). The van der Waals surface area contributed by atoms with E-state index < -0.39 is 23.8 Å². The molecule has 1 aromatic heterocycles. The van der Waals surface area contributed by atoms with Crippen molar-refractivity contribution < 1.29 is 14.4 Å². The van der Waals surface area contributed by atoms with Crippen molar-refractivity contribution in [2.24, 2.45) is 10.9 Å². The molecule has 0 aliphatic carbocycles. The number of rotatable bonds is 2. The van der Waals surface area contributed by atoms with E-state index in [0.717, 1.165) is 0 Å². The average molecular weight is 246 g/mol. The number of nitrogens with one attached hydrogen (secondary N) is 2. The van der Waals surface area contributed by atoms with Crippen molar-refractivity contribution in [3.05, 3.63) is 24.5 Å². The first kappa shape index (κ1) is 11.9. The SMILES string of the molecule is CC(=Nc1ccncc1)C1C(=O)NC(=O)NC1=O. The first-order valence-electron chi connectivity index (χ1n) is 5.19. The van der Waals surface area contributed by atoms with Gasteiger partial charge in [0.25, 0.3) is 0 Å². The zero-order chi connectivity index (χ0) is 13.1. The summed E-state index contributed by atoms with van der Waals surface area (Å²) in [4.78, 5) is 42.0. The van der Waals surface area contributed by atoms with Crippen LogP contribution in [0.15, 0.2) is 29.5 Å². The highest BCUT2D eigenvalue weighted by molar-refractivity contribution is 6.27. The quantitative estimate of drug-likeness (QED) is 0.573. The van der Waals surface area contributed by atoms with Crippen LogP contribution in [0.5, 0.6) is 0 Å². The number of pyridine rings is 1. The van der Waals surface area contributed by atoms with E-state index in [1.807, 2.05) is 10.6 Å². The number of aliphatic imine (C=N–C) groups is 1. The van der Waals surface area contributed by atoms with Crippen molar-refractivity contribution >= 4 is 29.2 Å². The van der Waals surface area contributed by atoms with Crippen LogP contribution < -0.4 is 10.6 Å². The van der Waals surface area contributed by atoms with Crippen molar-refractivity contribution in [3.8, 4) is 0 Å². The van der Waals surface area contributed by atoms with Crippen LogP contribution in [0.4, 0.5) is 10.5 Å². The van der Waals surface area contributed by atoms with Crippen LogP contribution >= 0.6 is 0 Å². The number of nitrogens with zero attached hydrogens (tertiary/aromatic N) is 2. The van der Waals surface area contributed by atoms with Crippen LogP contribution in [0.25, 0.3) is 0 Å². The molecule has 0 unspecified atom stereocenters. The highest BCUT2D eigenvalue weighted by atomic mass is 16.2. The van der Waals surface area contributed by atoms with E-state index >= 15 is 0 Å². The molecule has 0 aromatic carbocycles. The molecule has 1 aliphatic heterocycles. The van der Waals surface area contributed by atoms with Gasteiger partial charge < -0.3 is 0 Å². The Balaban J connectivity index is 2.25. The maximum absolute atomic E-state index is 11.6. The lowest BCUT2D eigenvalue weighted by Crippen LogP contribution is -2.57. The molecule has 7 nitrogen and oxygen atoms in total. The minimum Gasteiger partial charge on any atom is -0.277 e. The number of hydrogen-bond donors (Lipinski definition) is 2. The first-order valence-corrected chi connectivity index (χ1v) is 5.19. The monoisotopic (exact) mass is 246 g/mol. The fraction of sp³-hybridized carbons (Fsp3) is 0.182. The number of urea groups is 1. The van der Waals surface area contributed by atoms with E-state index in [9.17, 15) is 14.4 Å². The minimum absolute atomic E-state index is 0.309. The van der Waals surface area contributed by atoms with Crippen molar-refractivity contribution in [3.63, 3.8) is 0 Å². The van der Waals surface area contributed by atoms with E-state index in [1.165, 1.54) is 0 Å². The number of carbonyl (C=O) groups excluding carboxylic acids is 3. The molecule has 7 heteroatoms. The van der Waals surface area contributed by atoms with E-state index in [1.54, 1.807) is 31.5 Å². The number of barbiturate groups is 1. The third-order valence-electron chi connectivity index (χ3n) is 2.38. The first-order chi connectivity index (χ1) is 8.58. The molecule has 1 saturated heterocycles. The van der Waals surface area contributed by atoms with Gasteiger partial charge in [0.2, 0.25) is 11.8 Å². The maximum atomic E-state index is 11.6. The van der Waals surface area contributed by atoms with Gasteiger partial charge in [-0.15, -0.1) is 0 Å². The van der Waals surface area contributed by atoms with Gasteiger partial charge in [-0.05, 0) is 19.1 Å². The molecule has 0 atom stereocenters. The lowest BCUT2D eigenvalue weighted by molar-refractivity contribution is -0.132. The summed E-state index contributed by atoms with van der Waals surface area (Å²) in [5.74, 6) is -2.42. The van der Waals surface area contributed by atoms with Gasteiger partial charge in [-0.3, -0.25) is 30.2 Å². The largest absolute Gasteiger partial charge is 0.328 e. The van der Waals surface area contributed by atoms with Crippen LogP contribution in [0.1, 0.15) is 6.92 Å². The van der Waals surface area contributed by atoms with Gasteiger partial charge in [-0.2, -0.15) is 0 Å². The lowest BCUT2D eigenvalue weighted by atomic mass is 10.0. The zero-order valence-electron chi connectivity index (χ0n) is 9.51. The molecular formula is C11H10N4O3. The minimum atomic E-state index is -1.09. The Morgan fingerprint density at radius 2 is 1.72 bits per heavy atom. The molecule has 0 saturated carbocycles. The second-order valence-electron chi connectivity index (χ2n) is 3.70. The van der Waals surface area contributed by atoms with Crippen LogP contribution in [0.2, 0.25) is 0 Å². The van der Waals surface area contributed by atoms with E-state index in [-0.39, 0.29) is 0 Å². The van der Waals surface area contributed by atoms with Gasteiger partial charge in [-0.25, -0.2) is 4.79 Å². The van der Waals surface area contributed by atoms with Crippen LogP contribution in [-0.4, -0.2) is 28.5 Å². The second kappa shape index (κ2) is 4.74. The smallest absolute Gasteiger partial charge is 0.277 e. The van der Waals surface area contributed by atoms with Crippen LogP contribution in [-0.2, 0) is 9.59 Å². The van der Waals surface area contributed by atoms with Gasteiger partial charge >= 0.3 is 6.03 Å². The highest BCUT2D eigenvalue weighted by Gasteiger charge is 2.36. The molecule has 0 spiro atoms. The Morgan fingerprint density at radius 3 is 2.28 bits per heavy atom. The van der Waals surface area contributed by atoms with Crippen molar-refractivity contribution in [1.82, 2.24) is 15.6 Å². The Morgan fingerprint density at radius 1 is 1.17 bits per heavy atom. The topological polar surface area (TPSA) is 101 Å². The Labute approximate surface area is 102 Å². The summed E-state index contributed by atoms with van der Waals surface area (Å²) in [6, 6.07) is 2.48. The fourth-order valence-corrected chi connectivity index (χ4v) is 1.58. The summed E-state index contributed by atoms with van der Waals surface area (Å²) in [5.41, 5.74) is 0.892. The number of aromatic nitrogens is 1. The average Bonchev–Trinajstić information content (AvgIpc) is 2.28. The number of amides is 4. The summed E-state index contributed by atoms with van der Waals surface area (Å²) in [6.45, 7) is 1.56. The summed E-state index contributed by atoms with van der Waals surface area (Å²) in [7, 11) is 0. The predicted octanol–water partition coefficient (Wildman–Crippen LogP) is 0.156. The summed E-state index contributed by atoms with van der Waals surface area (Å²) in [5, 5.41) is 4.05. The predicted molar refractivity (Wildman–Crippen MR) is 62.2 cm³/mol.